The standard InChI is InChI=1S/C13H19BrN2O3S/c1-9(12(17)18)3-2-7-15-13(19)16-8-6-10-4-5-11(14)20-10/h4-5,9H,2-3,6-8H2,1H3,(H,17,18)(H2,15,16,19). The molecule has 1 aromatic heterocycles. The molecular weight excluding hydrogens is 344 g/mol. The third-order valence-corrected chi connectivity index (χ3v) is 4.49. The molecule has 0 saturated heterocycles. The Kier molecular flexibility index (Phi) is 7.61. The number of hydrogen-bond acceptors (Lipinski definition) is 3. The van der Waals surface area contributed by atoms with E-state index in [-0.39, 0.29) is 11.9 Å². The predicted octanol–water partition coefficient (Wildman–Crippen LogP) is 2.85. The summed E-state index contributed by atoms with van der Waals surface area (Å²) in [6.45, 7) is 2.75. The molecule has 1 atom stereocenters. The molecule has 0 bridgehead atoms. The van der Waals surface area contributed by atoms with E-state index in [1.54, 1.807) is 18.3 Å². The van der Waals surface area contributed by atoms with Crippen molar-refractivity contribution in [2.75, 3.05) is 13.1 Å². The van der Waals surface area contributed by atoms with Crippen LogP contribution in [0.1, 0.15) is 24.6 Å². The molecule has 20 heavy (non-hydrogen) atoms. The van der Waals surface area contributed by atoms with Crippen molar-refractivity contribution >= 4 is 39.3 Å². The third-order valence-electron chi connectivity index (χ3n) is 2.81. The lowest BCUT2D eigenvalue weighted by Crippen LogP contribution is -2.37. The highest BCUT2D eigenvalue weighted by molar-refractivity contribution is 9.11. The summed E-state index contributed by atoms with van der Waals surface area (Å²) in [6.07, 6.45) is 2.04. The van der Waals surface area contributed by atoms with Crippen molar-refractivity contribution in [2.45, 2.75) is 26.2 Å². The molecule has 0 aliphatic heterocycles. The normalized spacial score (nSPS) is 11.9. The Labute approximate surface area is 130 Å². The van der Waals surface area contributed by atoms with Crippen LogP contribution in [-0.2, 0) is 11.2 Å². The second kappa shape index (κ2) is 8.97. The number of amides is 2. The van der Waals surface area contributed by atoms with Gasteiger partial charge in [-0.1, -0.05) is 6.92 Å². The van der Waals surface area contributed by atoms with Crippen molar-refractivity contribution in [3.63, 3.8) is 0 Å². The molecule has 0 radical (unpaired) electrons. The average Bonchev–Trinajstić information content (AvgIpc) is 2.80. The second-order valence-electron chi connectivity index (χ2n) is 4.52. The molecule has 7 heteroatoms. The molecule has 0 saturated carbocycles. The van der Waals surface area contributed by atoms with E-state index in [2.05, 4.69) is 26.6 Å². The Hall–Kier alpha value is -1.08. The number of carbonyl (C=O) groups is 2. The van der Waals surface area contributed by atoms with Gasteiger partial charge in [-0.25, -0.2) is 4.79 Å². The molecule has 112 valence electrons. The van der Waals surface area contributed by atoms with E-state index in [0.29, 0.717) is 25.9 Å². The zero-order valence-corrected chi connectivity index (χ0v) is 13.7. The smallest absolute Gasteiger partial charge is 0.314 e. The molecule has 1 heterocycles. The summed E-state index contributed by atoms with van der Waals surface area (Å²) >= 11 is 5.05. The molecule has 1 rings (SSSR count). The molecule has 3 N–H and O–H groups in total. The molecule has 5 nitrogen and oxygen atoms in total. The molecule has 2 amide bonds. The average molecular weight is 363 g/mol. The first-order valence-corrected chi connectivity index (χ1v) is 8.08. The van der Waals surface area contributed by atoms with Crippen LogP contribution in [0.3, 0.4) is 0 Å². The van der Waals surface area contributed by atoms with Crippen molar-refractivity contribution in [2.24, 2.45) is 5.92 Å². The van der Waals surface area contributed by atoms with Gasteiger partial charge in [-0.2, -0.15) is 0 Å². The Bertz CT molecular complexity index is 451. The van der Waals surface area contributed by atoms with E-state index < -0.39 is 5.97 Å². The van der Waals surface area contributed by atoms with Crippen LogP contribution in [0.5, 0.6) is 0 Å². The van der Waals surface area contributed by atoms with E-state index in [4.69, 9.17) is 5.11 Å². The number of carboxylic acid groups (broad SMARTS) is 1. The Morgan fingerprint density at radius 1 is 1.35 bits per heavy atom. The van der Waals surface area contributed by atoms with Crippen molar-refractivity contribution in [3.05, 3.63) is 20.8 Å². The van der Waals surface area contributed by atoms with E-state index in [1.165, 1.54) is 4.88 Å². The summed E-state index contributed by atoms with van der Waals surface area (Å²) < 4.78 is 1.09. The van der Waals surface area contributed by atoms with Gasteiger partial charge in [0.25, 0.3) is 0 Å². The Morgan fingerprint density at radius 2 is 2.05 bits per heavy atom. The summed E-state index contributed by atoms with van der Waals surface area (Å²) in [4.78, 5) is 23.3. The molecule has 1 aromatic rings. The van der Waals surface area contributed by atoms with Gasteiger partial charge in [0, 0.05) is 18.0 Å². The SMILES string of the molecule is CC(CCCNC(=O)NCCc1ccc(Br)s1)C(=O)O. The topological polar surface area (TPSA) is 78.4 Å². The van der Waals surface area contributed by atoms with Crippen molar-refractivity contribution in [1.82, 2.24) is 10.6 Å². The maximum atomic E-state index is 11.5. The fraction of sp³-hybridized carbons (Fsp3) is 0.538. The third kappa shape index (κ3) is 6.91. The van der Waals surface area contributed by atoms with E-state index >= 15 is 0 Å². The molecule has 1 unspecified atom stereocenters. The molecule has 0 aromatic carbocycles. The number of nitrogens with one attached hydrogen (secondary N) is 2. The minimum Gasteiger partial charge on any atom is -0.481 e. The van der Waals surface area contributed by atoms with E-state index in [9.17, 15) is 9.59 Å². The van der Waals surface area contributed by atoms with Crippen molar-refractivity contribution < 1.29 is 14.7 Å². The van der Waals surface area contributed by atoms with Crippen LogP contribution in [0.25, 0.3) is 0 Å². The van der Waals surface area contributed by atoms with Crippen LogP contribution in [0.15, 0.2) is 15.9 Å². The molecule has 0 spiro atoms. The van der Waals surface area contributed by atoms with Gasteiger partial charge in [0.2, 0.25) is 0 Å². The summed E-state index contributed by atoms with van der Waals surface area (Å²) in [7, 11) is 0. The van der Waals surface area contributed by atoms with Gasteiger partial charge in [0.05, 0.1) is 9.70 Å². The lowest BCUT2D eigenvalue weighted by atomic mass is 10.1. The van der Waals surface area contributed by atoms with E-state index in [1.807, 2.05) is 12.1 Å². The van der Waals surface area contributed by atoms with Gasteiger partial charge >= 0.3 is 12.0 Å². The number of hydrogen-bond donors (Lipinski definition) is 3. The first kappa shape index (κ1) is 17.0. The second-order valence-corrected chi connectivity index (χ2v) is 7.07. The fourth-order valence-corrected chi connectivity index (χ4v) is 3.06. The molecule has 0 aliphatic carbocycles. The lowest BCUT2D eigenvalue weighted by molar-refractivity contribution is -0.141. The van der Waals surface area contributed by atoms with Crippen LogP contribution in [0.4, 0.5) is 4.79 Å². The Morgan fingerprint density at radius 3 is 2.65 bits per heavy atom. The number of aliphatic carboxylic acids is 1. The fourth-order valence-electron chi connectivity index (χ4n) is 1.58. The minimum absolute atomic E-state index is 0.205. The number of urea groups is 1. The molecule has 0 fully saturated rings. The van der Waals surface area contributed by atoms with Crippen LogP contribution in [0, 0.1) is 5.92 Å². The van der Waals surface area contributed by atoms with Gasteiger partial charge in [-0.3, -0.25) is 4.79 Å². The van der Waals surface area contributed by atoms with Gasteiger partial charge in [-0.05, 0) is 47.3 Å². The van der Waals surface area contributed by atoms with Gasteiger partial charge in [0.1, 0.15) is 0 Å². The maximum Gasteiger partial charge on any atom is 0.314 e. The zero-order chi connectivity index (χ0) is 15.0. The van der Waals surface area contributed by atoms with Crippen LogP contribution < -0.4 is 10.6 Å². The van der Waals surface area contributed by atoms with Gasteiger partial charge < -0.3 is 15.7 Å². The Balaban J connectivity index is 2.04. The monoisotopic (exact) mass is 362 g/mol. The van der Waals surface area contributed by atoms with Crippen molar-refractivity contribution in [3.8, 4) is 0 Å². The van der Waals surface area contributed by atoms with Gasteiger partial charge in [-0.15, -0.1) is 11.3 Å². The minimum atomic E-state index is -0.795. The summed E-state index contributed by atoms with van der Waals surface area (Å²) in [6, 6.07) is 3.81. The van der Waals surface area contributed by atoms with E-state index in [0.717, 1.165) is 10.2 Å². The first-order chi connectivity index (χ1) is 9.49. The number of carbonyl (C=O) groups excluding carboxylic acids is 1. The van der Waals surface area contributed by atoms with Crippen LogP contribution >= 0.6 is 27.3 Å². The highest BCUT2D eigenvalue weighted by atomic mass is 79.9. The first-order valence-electron chi connectivity index (χ1n) is 6.47. The maximum absolute atomic E-state index is 11.5. The summed E-state index contributed by atoms with van der Waals surface area (Å²) in [5.74, 6) is -1.16. The van der Waals surface area contributed by atoms with Gasteiger partial charge in [0.15, 0.2) is 0 Å². The van der Waals surface area contributed by atoms with Crippen LogP contribution in [0.2, 0.25) is 0 Å². The highest BCUT2D eigenvalue weighted by Crippen LogP contribution is 2.21. The zero-order valence-electron chi connectivity index (χ0n) is 11.3. The molecular formula is C13H19BrN2O3S. The summed E-state index contributed by atoms with van der Waals surface area (Å²) in [5.41, 5.74) is 0. The quantitative estimate of drug-likeness (QED) is 0.622. The predicted molar refractivity (Wildman–Crippen MR) is 83.2 cm³/mol. The van der Waals surface area contributed by atoms with Crippen molar-refractivity contribution in [1.29, 1.82) is 0 Å². The molecule has 0 aliphatic rings. The summed E-state index contributed by atoms with van der Waals surface area (Å²) in [5, 5.41) is 14.2. The highest BCUT2D eigenvalue weighted by Gasteiger charge is 2.09. The number of carboxylic acids is 1. The number of rotatable bonds is 8. The number of thiophene rings is 1. The largest absolute Gasteiger partial charge is 0.481 e. The van der Waals surface area contributed by atoms with Crippen LogP contribution in [-0.4, -0.2) is 30.2 Å². The number of halogens is 1. The lowest BCUT2D eigenvalue weighted by Gasteiger charge is -2.08.